The largest absolute Gasteiger partial charge is 0.493 e. The monoisotopic (exact) mass is 313 g/mol. The van der Waals surface area contributed by atoms with E-state index < -0.39 is 0 Å². The normalized spacial score (nSPS) is 14.3. The summed E-state index contributed by atoms with van der Waals surface area (Å²) in [6.07, 6.45) is 1.38. The molecular weight excluding hydrogens is 290 g/mol. The Balaban J connectivity index is 1.73. The van der Waals surface area contributed by atoms with Gasteiger partial charge in [0, 0.05) is 31.3 Å². The summed E-state index contributed by atoms with van der Waals surface area (Å²) in [5.41, 5.74) is 5.26. The molecule has 0 bridgehead atoms. The molecule has 0 radical (unpaired) electrons. The molecular formula is C18H23N3O2. The van der Waals surface area contributed by atoms with Gasteiger partial charge >= 0.3 is 0 Å². The Bertz CT molecular complexity index is 716. The van der Waals surface area contributed by atoms with Crippen molar-refractivity contribution in [2.24, 2.45) is 0 Å². The summed E-state index contributed by atoms with van der Waals surface area (Å²) in [6.45, 7) is 6.78. The van der Waals surface area contributed by atoms with E-state index in [1.807, 2.05) is 33.0 Å². The van der Waals surface area contributed by atoms with Crippen molar-refractivity contribution in [1.29, 1.82) is 0 Å². The zero-order valence-electron chi connectivity index (χ0n) is 14.1. The molecule has 122 valence electrons. The highest BCUT2D eigenvalue weighted by molar-refractivity contribution is 5.93. The number of fused-ring (bicyclic) bond motifs is 1. The summed E-state index contributed by atoms with van der Waals surface area (Å²) in [6, 6.07) is 5.95. The maximum Gasteiger partial charge on any atom is 0.227 e. The van der Waals surface area contributed by atoms with Crippen LogP contribution in [0.15, 0.2) is 18.2 Å². The zero-order chi connectivity index (χ0) is 16.6. The number of carbonyl (C=O) groups is 1. The number of rotatable bonds is 4. The second-order valence-corrected chi connectivity index (χ2v) is 6.30. The van der Waals surface area contributed by atoms with Gasteiger partial charge in [0.2, 0.25) is 5.91 Å². The van der Waals surface area contributed by atoms with Gasteiger partial charge in [-0.3, -0.25) is 9.89 Å². The van der Waals surface area contributed by atoms with E-state index >= 15 is 0 Å². The average molecular weight is 313 g/mol. The average Bonchev–Trinajstić information content (AvgIpc) is 3.11. The fraction of sp³-hybridized carbons (Fsp3) is 0.444. The van der Waals surface area contributed by atoms with Crippen LogP contribution < -0.4 is 9.64 Å². The van der Waals surface area contributed by atoms with Gasteiger partial charge in [-0.15, -0.1) is 0 Å². The van der Waals surface area contributed by atoms with Crippen LogP contribution in [-0.4, -0.2) is 29.8 Å². The highest BCUT2D eigenvalue weighted by Crippen LogP contribution is 2.30. The molecule has 1 aromatic carbocycles. The van der Waals surface area contributed by atoms with Crippen molar-refractivity contribution in [2.45, 2.75) is 39.5 Å². The van der Waals surface area contributed by atoms with Crippen molar-refractivity contribution in [1.82, 2.24) is 10.2 Å². The number of hydrogen-bond acceptors (Lipinski definition) is 3. The molecule has 2 heterocycles. The van der Waals surface area contributed by atoms with Gasteiger partial charge in [0.15, 0.2) is 0 Å². The number of hydrogen-bond donors (Lipinski definition) is 1. The van der Waals surface area contributed by atoms with E-state index in [1.165, 1.54) is 5.56 Å². The van der Waals surface area contributed by atoms with Crippen LogP contribution in [-0.2, 0) is 11.2 Å². The molecule has 1 atom stereocenters. The van der Waals surface area contributed by atoms with Crippen LogP contribution in [0.1, 0.15) is 41.8 Å². The number of aromatic amines is 1. The minimum Gasteiger partial charge on any atom is -0.493 e. The first-order valence-electron chi connectivity index (χ1n) is 8.01. The number of nitrogens with one attached hydrogen (secondary N) is 1. The van der Waals surface area contributed by atoms with E-state index in [0.717, 1.165) is 41.4 Å². The summed E-state index contributed by atoms with van der Waals surface area (Å²) < 4.78 is 5.52. The summed E-state index contributed by atoms with van der Waals surface area (Å²) in [5, 5.41) is 7.21. The van der Waals surface area contributed by atoms with E-state index in [2.05, 4.69) is 23.2 Å². The lowest BCUT2D eigenvalue weighted by Gasteiger charge is -2.20. The van der Waals surface area contributed by atoms with Crippen molar-refractivity contribution >= 4 is 11.6 Å². The summed E-state index contributed by atoms with van der Waals surface area (Å²) in [5.74, 6) is 1.19. The molecule has 0 saturated heterocycles. The first-order valence-corrected chi connectivity index (χ1v) is 8.01. The number of aromatic nitrogens is 2. The minimum atomic E-state index is 0.108. The molecule has 5 nitrogen and oxygen atoms in total. The second-order valence-electron chi connectivity index (χ2n) is 6.30. The summed E-state index contributed by atoms with van der Waals surface area (Å²) in [7, 11) is 1.83. The van der Waals surface area contributed by atoms with Gasteiger partial charge in [-0.25, -0.2) is 0 Å². The molecule has 0 saturated carbocycles. The minimum absolute atomic E-state index is 0.108. The summed E-state index contributed by atoms with van der Waals surface area (Å²) in [4.78, 5) is 14.4. The molecule has 2 aromatic rings. The first-order chi connectivity index (χ1) is 11.0. The smallest absolute Gasteiger partial charge is 0.227 e. The van der Waals surface area contributed by atoms with Crippen molar-refractivity contribution in [2.75, 3.05) is 18.6 Å². The van der Waals surface area contributed by atoms with Crippen LogP contribution in [0.3, 0.4) is 0 Å². The van der Waals surface area contributed by atoms with E-state index in [0.29, 0.717) is 6.42 Å². The lowest BCUT2D eigenvalue weighted by molar-refractivity contribution is -0.118. The highest BCUT2D eigenvalue weighted by atomic mass is 16.5. The third-order valence-corrected chi connectivity index (χ3v) is 4.59. The Morgan fingerprint density at radius 2 is 2.22 bits per heavy atom. The number of ether oxygens (including phenoxy) is 1. The molecule has 1 amide bonds. The maximum absolute atomic E-state index is 12.6. The van der Waals surface area contributed by atoms with Gasteiger partial charge in [0.05, 0.1) is 12.3 Å². The number of nitrogens with zero attached hydrogens (tertiary/aromatic N) is 2. The Labute approximate surface area is 136 Å². The number of amides is 1. The van der Waals surface area contributed by atoms with Gasteiger partial charge < -0.3 is 9.64 Å². The second kappa shape index (κ2) is 6.07. The Morgan fingerprint density at radius 3 is 2.91 bits per heavy atom. The van der Waals surface area contributed by atoms with Crippen LogP contribution in [0.25, 0.3) is 0 Å². The fourth-order valence-electron chi connectivity index (χ4n) is 3.31. The molecule has 0 fully saturated rings. The van der Waals surface area contributed by atoms with Crippen molar-refractivity contribution in [3.63, 3.8) is 0 Å². The third-order valence-electron chi connectivity index (χ3n) is 4.59. The van der Waals surface area contributed by atoms with Gasteiger partial charge in [-0.1, -0.05) is 6.92 Å². The lowest BCUT2D eigenvalue weighted by atomic mass is 9.95. The fourth-order valence-corrected chi connectivity index (χ4v) is 3.31. The molecule has 0 aliphatic carbocycles. The van der Waals surface area contributed by atoms with E-state index in [-0.39, 0.29) is 11.8 Å². The maximum atomic E-state index is 12.6. The van der Waals surface area contributed by atoms with Crippen LogP contribution in [0.5, 0.6) is 5.75 Å². The summed E-state index contributed by atoms with van der Waals surface area (Å²) >= 11 is 0. The Kier molecular flexibility index (Phi) is 4.11. The Hall–Kier alpha value is -2.30. The lowest BCUT2D eigenvalue weighted by Crippen LogP contribution is -2.27. The topological polar surface area (TPSA) is 58.2 Å². The molecule has 0 unspecified atom stereocenters. The van der Waals surface area contributed by atoms with Gasteiger partial charge in [0.25, 0.3) is 0 Å². The molecule has 1 N–H and O–H groups in total. The van der Waals surface area contributed by atoms with Crippen LogP contribution in [0.2, 0.25) is 0 Å². The molecule has 23 heavy (non-hydrogen) atoms. The standard InChI is InChI=1S/C18H23N3O2/c1-11(18-12(2)19-20-13(18)3)9-17(22)21(4)15-5-6-16-14(10-15)7-8-23-16/h5-6,10-11H,7-9H2,1-4H3,(H,19,20)/t11-/m0/s1. The molecule has 1 aliphatic rings. The van der Waals surface area contributed by atoms with Crippen molar-refractivity contribution in [3.05, 3.63) is 40.7 Å². The SMILES string of the molecule is Cc1n[nH]c(C)c1[C@@H](C)CC(=O)N(C)c1ccc2c(c1)CCO2. The van der Waals surface area contributed by atoms with E-state index in [1.54, 1.807) is 4.90 Å². The third kappa shape index (κ3) is 2.96. The molecule has 1 aliphatic heterocycles. The Morgan fingerprint density at radius 1 is 1.43 bits per heavy atom. The van der Waals surface area contributed by atoms with E-state index in [9.17, 15) is 4.79 Å². The zero-order valence-corrected chi connectivity index (χ0v) is 14.1. The number of anilines is 1. The number of H-pyrrole nitrogens is 1. The van der Waals surface area contributed by atoms with Gasteiger partial charge in [0.1, 0.15) is 5.75 Å². The van der Waals surface area contributed by atoms with Crippen LogP contribution in [0.4, 0.5) is 5.69 Å². The van der Waals surface area contributed by atoms with Crippen molar-refractivity contribution < 1.29 is 9.53 Å². The number of carbonyl (C=O) groups excluding carboxylic acids is 1. The van der Waals surface area contributed by atoms with Crippen LogP contribution >= 0.6 is 0 Å². The first kappa shape index (κ1) is 15.6. The van der Waals surface area contributed by atoms with Gasteiger partial charge in [-0.05, 0) is 49.1 Å². The molecule has 3 rings (SSSR count). The predicted octanol–water partition coefficient (Wildman–Crippen LogP) is 3.12. The quantitative estimate of drug-likeness (QED) is 0.943. The molecule has 5 heteroatoms. The number of aryl methyl sites for hydroxylation is 2. The van der Waals surface area contributed by atoms with E-state index in [4.69, 9.17) is 4.74 Å². The van der Waals surface area contributed by atoms with Crippen LogP contribution in [0, 0.1) is 13.8 Å². The predicted molar refractivity (Wildman–Crippen MR) is 90.1 cm³/mol. The van der Waals surface area contributed by atoms with Gasteiger partial charge in [-0.2, -0.15) is 5.10 Å². The molecule has 1 aromatic heterocycles. The molecule has 0 spiro atoms. The van der Waals surface area contributed by atoms with Crippen molar-refractivity contribution in [3.8, 4) is 5.75 Å². The highest BCUT2D eigenvalue weighted by Gasteiger charge is 2.21. The number of benzene rings is 1.